The first-order valence-corrected chi connectivity index (χ1v) is 14.9. The highest BCUT2D eigenvalue weighted by atomic mass is 16.8. The van der Waals surface area contributed by atoms with Crippen LogP contribution in [0.1, 0.15) is 12.5 Å². The Balaban J connectivity index is 1.11. The second kappa shape index (κ2) is 13.1. The highest BCUT2D eigenvalue weighted by molar-refractivity contribution is 5.87. The number of epoxide rings is 1. The third-order valence-corrected chi connectivity index (χ3v) is 9.22. The molecule has 1 saturated carbocycles. The number of rotatable bonds is 9. The fourth-order valence-electron chi connectivity index (χ4n) is 6.67. The average Bonchev–Trinajstić information content (AvgIpc) is 3.72. The molecule has 1 aromatic carbocycles. The zero-order chi connectivity index (χ0) is 32.9. The Hall–Kier alpha value is -2.71. The van der Waals surface area contributed by atoms with Gasteiger partial charge in [0.1, 0.15) is 54.1 Å². The van der Waals surface area contributed by atoms with E-state index in [-0.39, 0.29) is 5.75 Å². The molecule has 6 rings (SSSR count). The van der Waals surface area contributed by atoms with Crippen molar-refractivity contribution in [3.63, 3.8) is 0 Å². The number of aliphatic hydroxyl groups is 7. The van der Waals surface area contributed by atoms with Crippen molar-refractivity contribution in [1.29, 1.82) is 0 Å². The van der Waals surface area contributed by atoms with Crippen molar-refractivity contribution in [3.05, 3.63) is 48.2 Å². The molecule has 3 saturated heterocycles. The van der Waals surface area contributed by atoms with E-state index >= 15 is 0 Å². The van der Waals surface area contributed by atoms with E-state index in [0.29, 0.717) is 5.56 Å². The number of aromatic hydroxyl groups is 1. The van der Waals surface area contributed by atoms with E-state index in [1.165, 1.54) is 31.4 Å². The lowest BCUT2D eigenvalue weighted by Gasteiger charge is -2.44. The van der Waals surface area contributed by atoms with Gasteiger partial charge < -0.3 is 74.0 Å². The molecule has 46 heavy (non-hydrogen) atoms. The van der Waals surface area contributed by atoms with E-state index < -0.39 is 117 Å². The van der Waals surface area contributed by atoms with Crippen molar-refractivity contribution in [1.82, 2.24) is 0 Å². The number of phenolic OH excluding ortho intramolecular Hbond substituents is 1. The first-order valence-electron chi connectivity index (χ1n) is 14.9. The summed E-state index contributed by atoms with van der Waals surface area (Å²) >= 11 is 0. The van der Waals surface area contributed by atoms with Crippen LogP contribution in [0.15, 0.2) is 42.7 Å². The molecule has 16 nitrogen and oxygen atoms in total. The molecule has 16 heteroatoms. The minimum Gasteiger partial charge on any atom is -0.508 e. The highest BCUT2D eigenvalue weighted by Gasteiger charge is 2.77. The second-order valence-electron chi connectivity index (χ2n) is 12.0. The molecule has 1 aliphatic carbocycles. The monoisotopic (exact) mass is 654 g/mol. The van der Waals surface area contributed by atoms with Gasteiger partial charge in [0.15, 0.2) is 18.7 Å². The Bertz CT molecular complexity index is 1290. The molecular formula is C30H38O16. The Labute approximate surface area is 262 Å². The Morgan fingerprint density at radius 1 is 0.891 bits per heavy atom. The van der Waals surface area contributed by atoms with Gasteiger partial charge in [-0.3, -0.25) is 0 Å². The summed E-state index contributed by atoms with van der Waals surface area (Å²) in [5.41, 5.74) is -0.596. The van der Waals surface area contributed by atoms with E-state index in [1.807, 2.05) is 0 Å². The van der Waals surface area contributed by atoms with E-state index in [4.69, 9.17) is 33.2 Å². The van der Waals surface area contributed by atoms with Crippen molar-refractivity contribution in [2.24, 2.45) is 11.8 Å². The Kier molecular flexibility index (Phi) is 9.43. The zero-order valence-corrected chi connectivity index (χ0v) is 24.5. The standard InChI is InChI=1S/C30H38O16/c1-12-24(43-17(34)7-4-13-2-5-14(33)6-3-13)21(37)23(39)28(41-12)44-25-15-8-9-40-27(18(15)30(11-32)26(25)46-30)45-29-22(38)20(36)19(35)16(10-31)42-29/h2-9,12,15-16,18-29,31-33,35-39H,10-11H2,1H3/b7-4-/t12-,15+,16+,18+,19+,20-,21-,22+,23+,24-,25-,26-,27-,28-,29-,30+/m0/s1. The normalized spacial score (nSPS) is 46.4. The van der Waals surface area contributed by atoms with Crippen molar-refractivity contribution in [2.45, 2.75) is 92.4 Å². The maximum absolute atomic E-state index is 12.5. The summed E-state index contributed by atoms with van der Waals surface area (Å²) in [6, 6.07) is 6.09. The van der Waals surface area contributed by atoms with Crippen molar-refractivity contribution >= 4 is 12.0 Å². The number of hydrogen-bond acceptors (Lipinski definition) is 16. The summed E-state index contributed by atoms with van der Waals surface area (Å²) in [5, 5.41) is 81.9. The lowest BCUT2D eigenvalue weighted by molar-refractivity contribution is -0.347. The van der Waals surface area contributed by atoms with Crippen LogP contribution in [-0.4, -0.2) is 146 Å². The van der Waals surface area contributed by atoms with E-state index in [0.717, 1.165) is 6.08 Å². The number of aliphatic hydroxyl groups excluding tert-OH is 7. The van der Waals surface area contributed by atoms with Gasteiger partial charge >= 0.3 is 5.97 Å². The number of esters is 1. The van der Waals surface area contributed by atoms with Crippen LogP contribution in [0.5, 0.6) is 5.75 Å². The third-order valence-electron chi connectivity index (χ3n) is 9.22. The largest absolute Gasteiger partial charge is 0.508 e. The third kappa shape index (κ3) is 5.93. The molecule has 254 valence electrons. The van der Waals surface area contributed by atoms with E-state index in [9.17, 15) is 45.6 Å². The number of fused-ring (bicyclic) bond motifs is 3. The molecule has 8 N–H and O–H groups in total. The second-order valence-corrected chi connectivity index (χ2v) is 12.0. The molecule has 0 spiro atoms. The molecule has 0 unspecified atom stereocenters. The summed E-state index contributed by atoms with van der Waals surface area (Å²) in [4.78, 5) is 12.5. The topological polar surface area (TPSA) is 247 Å². The van der Waals surface area contributed by atoms with Gasteiger partial charge in [-0.1, -0.05) is 12.1 Å². The van der Waals surface area contributed by atoms with Gasteiger partial charge in [0.25, 0.3) is 0 Å². The van der Waals surface area contributed by atoms with Crippen LogP contribution in [0.2, 0.25) is 0 Å². The van der Waals surface area contributed by atoms with Gasteiger partial charge in [-0.15, -0.1) is 0 Å². The molecule has 1 aromatic rings. The average molecular weight is 655 g/mol. The van der Waals surface area contributed by atoms with Gasteiger partial charge in [0, 0.05) is 12.0 Å². The summed E-state index contributed by atoms with van der Waals surface area (Å²) in [5.74, 6) is -2.03. The molecule has 0 radical (unpaired) electrons. The lowest BCUT2D eigenvalue weighted by Crippen LogP contribution is -2.60. The predicted octanol–water partition coefficient (Wildman–Crippen LogP) is -2.77. The van der Waals surface area contributed by atoms with Gasteiger partial charge in [-0.25, -0.2) is 4.79 Å². The molecule has 4 heterocycles. The number of phenols is 1. The maximum Gasteiger partial charge on any atom is 0.331 e. The first kappa shape index (κ1) is 33.2. The van der Waals surface area contributed by atoms with Crippen molar-refractivity contribution < 1.29 is 78.8 Å². The number of hydrogen-bond donors (Lipinski definition) is 8. The highest BCUT2D eigenvalue weighted by Crippen LogP contribution is 2.61. The van der Waals surface area contributed by atoms with Crippen LogP contribution in [0.25, 0.3) is 6.08 Å². The van der Waals surface area contributed by atoms with Crippen LogP contribution < -0.4 is 0 Å². The molecule has 4 fully saturated rings. The quantitative estimate of drug-likeness (QED) is 0.0763. The Morgan fingerprint density at radius 2 is 1.59 bits per heavy atom. The van der Waals surface area contributed by atoms with Crippen LogP contribution in [0.3, 0.4) is 0 Å². The molecule has 5 aliphatic rings. The van der Waals surface area contributed by atoms with E-state index in [2.05, 4.69) is 0 Å². The van der Waals surface area contributed by atoms with Gasteiger partial charge in [-0.2, -0.15) is 0 Å². The predicted molar refractivity (Wildman–Crippen MR) is 149 cm³/mol. The van der Waals surface area contributed by atoms with Crippen LogP contribution in [0.4, 0.5) is 0 Å². The summed E-state index contributed by atoms with van der Waals surface area (Å²) in [6.07, 6.45) is -11.7. The summed E-state index contributed by atoms with van der Waals surface area (Å²) in [6.45, 7) is 0.399. The smallest absolute Gasteiger partial charge is 0.331 e. The lowest BCUT2D eigenvalue weighted by atomic mass is 9.85. The number of benzene rings is 1. The first-order chi connectivity index (χ1) is 22.0. The van der Waals surface area contributed by atoms with Crippen molar-refractivity contribution in [3.8, 4) is 5.75 Å². The van der Waals surface area contributed by atoms with Gasteiger partial charge in [0.05, 0.1) is 37.6 Å². The SMILES string of the molecule is C[C@@H]1O[C@@H](O[C@H]2[C@@H]3C=CO[C@@H](O[C@@H]4O[C@H](CO)[C@@H](O)[C@H](O)[C@H]4O)[C@@H]3[C@@]3(CO)O[C@@H]23)[C@H](O)[C@H](O)[C@H]1OC(=O)/C=C\c1ccc(O)cc1. The van der Waals surface area contributed by atoms with Gasteiger partial charge in [-0.05, 0) is 36.8 Å². The molecule has 16 atom stereocenters. The summed E-state index contributed by atoms with van der Waals surface area (Å²) < 4.78 is 40.3. The van der Waals surface area contributed by atoms with Crippen LogP contribution in [0, 0.1) is 11.8 Å². The fourth-order valence-corrected chi connectivity index (χ4v) is 6.67. The zero-order valence-electron chi connectivity index (χ0n) is 24.5. The summed E-state index contributed by atoms with van der Waals surface area (Å²) in [7, 11) is 0. The number of carbonyl (C=O) groups excluding carboxylic acids is 1. The van der Waals surface area contributed by atoms with Crippen LogP contribution in [-0.2, 0) is 38.0 Å². The fraction of sp³-hybridized carbons (Fsp3) is 0.633. The van der Waals surface area contributed by atoms with Gasteiger partial charge in [0.2, 0.25) is 6.29 Å². The minimum absolute atomic E-state index is 0.0688. The Morgan fingerprint density at radius 3 is 2.28 bits per heavy atom. The molecule has 0 aromatic heterocycles. The molecule has 4 aliphatic heterocycles. The molecular weight excluding hydrogens is 616 g/mol. The number of carbonyl (C=O) groups is 1. The maximum atomic E-state index is 12.5. The van der Waals surface area contributed by atoms with Crippen molar-refractivity contribution in [2.75, 3.05) is 13.2 Å². The minimum atomic E-state index is -1.70. The van der Waals surface area contributed by atoms with E-state index in [1.54, 1.807) is 18.2 Å². The molecule has 0 bridgehead atoms. The molecule has 0 amide bonds. The van der Waals surface area contributed by atoms with Crippen LogP contribution >= 0.6 is 0 Å². The number of ether oxygens (including phenoxy) is 7.